The molecule has 6 nitrogen and oxygen atoms in total. The summed E-state index contributed by atoms with van der Waals surface area (Å²) in [4.78, 5) is 4.25. The summed E-state index contributed by atoms with van der Waals surface area (Å²) >= 11 is 0. The molecule has 6 heteroatoms. The van der Waals surface area contributed by atoms with Crippen LogP contribution in [0.3, 0.4) is 0 Å². The Morgan fingerprint density at radius 2 is 2.47 bits per heavy atom. The molecule has 0 radical (unpaired) electrons. The lowest BCUT2D eigenvalue weighted by Gasteiger charge is -2.05. The zero-order chi connectivity index (χ0) is 12.1. The maximum absolute atomic E-state index is 5.80. The van der Waals surface area contributed by atoms with Gasteiger partial charge in [-0.2, -0.15) is 4.98 Å². The van der Waals surface area contributed by atoms with Crippen LogP contribution in [0.5, 0.6) is 0 Å². The number of hydrogen-bond donors (Lipinski definition) is 1. The average Bonchev–Trinajstić information content (AvgIpc) is 2.98. The molecule has 2 unspecified atom stereocenters. The van der Waals surface area contributed by atoms with Gasteiger partial charge in [0.1, 0.15) is 0 Å². The van der Waals surface area contributed by atoms with E-state index in [9.17, 15) is 0 Å². The number of aryl methyl sites for hydroxylation is 1. The molecule has 1 saturated heterocycles. The van der Waals surface area contributed by atoms with Crippen molar-refractivity contribution in [3.63, 3.8) is 0 Å². The zero-order valence-electron chi connectivity index (χ0n) is 10.1. The Morgan fingerprint density at radius 1 is 1.59 bits per heavy atom. The SMILES string of the molecule is COCC(N)c1noc(CCC2CCCO2)n1. The van der Waals surface area contributed by atoms with Crippen LogP contribution in [0, 0.1) is 0 Å². The number of rotatable bonds is 6. The first kappa shape index (κ1) is 12.5. The summed E-state index contributed by atoms with van der Waals surface area (Å²) in [5.41, 5.74) is 5.80. The smallest absolute Gasteiger partial charge is 0.226 e. The van der Waals surface area contributed by atoms with Gasteiger partial charge in [0.2, 0.25) is 5.89 Å². The van der Waals surface area contributed by atoms with Crippen molar-refractivity contribution in [2.24, 2.45) is 5.73 Å². The third-order valence-corrected chi connectivity index (χ3v) is 2.87. The molecule has 1 aromatic rings. The fourth-order valence-electron chi connectivity index (χ4n) is 1.93. The van der Waals surface area contributed by atoms with Gasteiger partial charge in [0.25, 0.3) is 0 Å². The van der Waals surface area contributed by atoms with Crippen molar-refractivity contribution in [1.82, 2.24) is 10.1 Å². The average molecular weight is 241 g/mol. The molecular formula is C11H19N3O3. The number of ether oxygens (including phenoxy) is 2. The second-order valence-electron chi connectivity index (χ2n) is 4.28. The van der Waals surface area contributed by atoms with E-state index in [0.29, 0.717) is 24.4 Å². The molecule has 0 bridgehead atoms. The number of aromatic nitrogens is 2. The number of nitrogens with two attached hydrogens (primary N) is 1. The minimum absolute atomic E-state index is 0.319. The highest BCUT2D eigenvalue weighted by Gasteiger charge is 2.18. The van der Waals surface area contributed by atoms with Crippen molar-refractivity contribution in [2.45, 2.75) is 37.8 Å². The van der Waals surface area contributed by atoms with E-state index in [1.54, 1.807) is 7.11 Å². The monoisotopic (exact) mass is 241 g/mol. The predicted octanol–water partition coefficient (Wildman–Crippen LogP) is 0.827. The largest absolute Gasteiger partial charge is 0.383 e. The van der Waals surface area contributed by atoms with E-state index >= 15 is 0 Å². The number of methoxy groups -OCH3 is 1. The summed E-state index contributed by atoms with van der Waals surface area (Å²) in [6.07, 6.45) is 4.30. The maximum atomic E-state index is 5.80. The summed E-state index contributed by atoms with van der Waals surface area (Å²) in [6, 6.07) is -0.319. The predicted molar refractivity (Wildman–Crippen MR) is 60.4 cm³/mol. The summed E-state index contributed by atoms with van der Waals surface area (Å²) in [5, 5.41) is 3.85. The molecule has 0 spiro atoms. The molecule has 1 aromatic heterocycles. The van der Waals surface area contributed by atoms with Crippen molar-refractivity contribution >= 4 is 0 Å². The lowest BCUT2D eigenvalue weighted by atomic mass is 10.1. The van der Waals surface area contributed by atoms with Gasteiger partial charge >= 0.3 is 0 Å². The van der Waals surface area contributed by atoms with Gasteiger partial charge in [-0.15, -0.1) is 0 Å². The van der Waals surface area contributed by atoms with E-state index in [-0.39, 0.29) is 6.04 Å². The first-order chi connectivity index (χ1) is 8.29. The molecule has 17 heavy (non-hydrogen) atoms. The summed E-state index contributed by atoms with van der Waals surface area (Å²) in [5.74, 6) is 1.14. The Balaban J connectivity index is 1.80. The molecule has 2 rings (SSSR count). The van der Waals surface area contributed by atoms with Crippen LogP contribution >= 0.6 is 0 Å². The molecule has 0 aliphatic carbocycles. The van der Waals surface area contributed by atoms with Crippen LogP contribution in [0.25, 0.3) is 0 Å². The van der Waals surface area contributed by atoms with Crippen molar-refractivity contribution in [2.75, 3.05) is 20.3 Å². The van der Waals surface area contributed by atoms with E-state index in [2.05, 4.69) is 10.1 Å². The minimum atomic E-state index is -0.319. The van der Waals surface area contributed by atoms with E-state index in [4.69, 9.17) is 19.7 Å². The maximum Gasteiger partial charge on any atom is 0.226 e. The standard InChI is InChI=1S/C11H19N3O3/c1-15-7-9(12)11-13-10(17-14-11)5-4-8-3-2-6-16-8/h8-9H,2-7,12H2,1H3. The molecule has 2 atom stereocenters. The molecule has 1 aliphatic rings. The minimum Gasteiger partial charge on any atom is -0.383 e. The lowest BCUT2D eigenvalue weighted by Crippen LogP contribution is -2.17. The highest BCUT2D eigenvalue weighted by molar-refractivity contribution is 4.93. The van der Waals surface area contributed by atoms with Gasteiger partial charge in [-0.3, -0.25) is 0 Å². The van der Waals surface area contributed by atoms with Crippen LogP contribution in [0.1, 0.15) is 37.0 Å². The van der Waals surface area contributed by atoms with Crippen LogP contribution in [-0.4, -0.2) is 36.6 Å². The lowest BCUT2D eigenvalue weighted by molar-refractivity contribution is 0.102. The van der Waals surface area contributed by atoms with Gasteiger partial charge in [-0.1, -0.05) is 5.16 Å². The van der Waals surface area contributed by atoms with Crippen molar-refractivity contribution < 1.29 is 14.0 Å². The molecule has 2 heterocycles. The van der Waals surface area contributed by atoms with E-state index < -0.39 is 0 Å². The fraction of sp³-hybridized carbons (Fsp3) is 0.818. The van der Waals surface area contributed by atoms with E-state index in [1.807, 2.05) is 0 Å². The summed E-state index contributed by atoms with van der Waals surface area (Å²) < 4.78 is 15.6. The molecule has 0 amide bonds. The van der Waals surface area contributed by atoms with E-state index in [1.165, 1.54) is 0 Å². The van der Waals surface area contributed by atoms with Crippen LogP contribution in [-0.2, 0) is 15.9 Å². The Kier molecular flexibility index (Phi) is 4.47. The van der Waals surface area contributed by atoms with Gasteiger partial charge < -0.3 is 19.7 Å². The Bertz CT molecular complexity index is 336. The van der Waals surface area contributed by atoms with Gasteiger partial charge in [-0.25, -0.2) is 0 Å². The Morgan fingerprint density at radius 3 is 3.18 bits per heavy atom. The first-order valence-electron chi connectivity index (χ1n) is 5.98. The van der Waals surface area contributed by atoms with Crippen LogP contribution < -0.4 is 5.73 Å². The quantitative estimate of drug-likeness (QED) is 0.794. The van der Waals surface area contributed by atoms with Crippen molar-refractivity contribution in [1.29, 1.82) is 0 Å². The molecule has 2 N–H and O–H groups in total. The van der Waals surface area contributed by atoms with Gasteiger partial charge in [0.15, 0.2) is 5.82 Å². The Hall–Kier alpha value is -0.980. The fourth-order valence-corrected chi connectivity index (χ4v) is 1.93. The van der Waals surface area contributed by atoms with Gasteiger partial charge in [0.05, 0.1) is 18.8 Å². The van der Waals surface area contributed by atoms with Crippen molar-refractivity contribution in [3.05, 3.63) is 11.7 Å². The van der Waals surface area contributed by atoms with Gasteiger partial charge in [0, 0.05) is 20.1 Å². The first-order valence-corrected chi connectivity index (χ1v) is 5.98. The molecule has 1 fully saturated rings. The second kappa shape index (κ2) is 6.09. The highest BCUT2D eigenvalue weighted by Crippen LogP contribution is 2.17. The normalized spacial score (nSPS) is 21.9. The third-order valence-electron chi connectivity index (χ3n) is 2.87. The molecular weight excluding hydrogens is 222 g/mol. The van der Waals surface area contributed by atoms with Crippen LogP contribution in [0.2, 0.25) is 0 Å². The Labute approximate surface area is 100 Å². The molecule has 0 saturated carbocycles. The molecule has 1 aliphatic heterocycles. The number of hydrogen-bond acceptors (Lipinski definition) is 6. The highest BCUT2D eigenvalue weighted by atomic mass is 16.5. The van der Waals surface area contributed by atoms with Crippen molar-refractivity contribution in [3.8, 4) is 0 Å². The van der Waals surface area contributed by atoms with Gasteiger partial charge in [-0.05, 0) is 19.3 Å². The third kappa shape index (κ3) is 3.49. The second-order valence-corrected chi connectivity index (χ2v) is 4.28. The summed E-state index contributed by atoms with van der Waals surface area (Å²) in [7, 11) is 1.60. The topological polar surface area (TPSA) is 83.4 Å². The molecule has 96 valence electrons. The van der Waals surface area contributed by atoms with E-state index in [0.717, 1.165) is 32.3 Å². The zero-order valence-corrected chi connectivity index (χ0v) is 10.1. The molecule has 0 aromatic carbocycles. The number of nitrogens with zero attached hydrogens (tertiary/aromatic N) is 2. The summed E-state index contributed by atoms with van der Waals surface area (Å²) in [6.45, 7) is 1.27. The van der Waals surface area contributed by atoms with Crippen LogP contribution in [0.15, 0.2) is 4.52 Å². The van der Waals surface area contributed by atoms with Crippen LogP contribution in [0.4, 0.5) is 0 Å².